The van der Waals surface area contributed by atoms with Crippen LogP contribution in [0, 0.1) is 5.92 Å². The lowest BCUT2D eigenvalue weighted by Crippen LogP contribution is -2.74. The summed E-state index contributed by atoms with van der Waals surface area (Å²) in [6.07, 6.45) is 6.82. The second-order valence-corrected chi connectivity index (χ2v) is 8.79. The van der Waals surface area contributed by atoms with E-state index in [1.165, 1.54) is 30.5 Å². The zero-order valence-corrected chi connectivity index (χ0v) is 17.1. The molecule has 1 heterocycles. The fraction of sp³-hybridized carbons (Fsp3) is 0.682. The first-order chi connectivity index (χ1) is 12.6. The Morgan fingerprint density at radius 1 is 1.22 bits per heavy atom. The van der Waals surface area contributed by atoms with E-state index in [1.54, 1.807) is 7.11 Å². The lowest BCUT2D eigenvalue weighted by molar-refractivity contribution is -0.188. The largest absolute Gasteiger partial charge is 0.496 e. The molecule has 148 valence electrons. The number of rotatable bonds is 4. The maximum absolute atomic E-state index is 12.6. The van der Waals surface area contributed by atoms with E-state index < -0.39 is 0 Å². The van der Waals surface area contributed by atoms with E-state index >= 15 is 0 Å². The fourth-order valence-corrected chi connectivity index (χ4v) is 6.38. The molecule has 4 aliphatic rings. The van der Waals surface area contributed by atoms with Gasteiger partial charge in [-0.05, 0) is 56.2 Å². The molecular formula is C22H30ClNO3. The van der Waals surface area contributed by atoms with Gasteiger partial charge < -0.3 is 9.47 Å². The average Bonchev–Trinajstić information content (AvgIpc) is 3.47. The molecule has 4 nitrogen and oxygen atoms in total. The normalized spacial score (nSPS) is 35.0. The van der Waals surface area contributed by atoms with Gasteiger partial charge in [-0.1, -0.05) is 12.1 Å². The standard InChI is InChI=1S/C22H29NO3.ClH/c1-25-18-5-3-4-16-12-19-22(26-2)9-8-17(24)13-21(22,20(16)18)10-11-23(19)14-15-6-7-15;/h3-5,15,19H,6-14H2,1-2H3;1H. The van der Waals surface area contributed by atoms with E-state index in [0.29, 0.717) is 24.7 Å². The van der Waals surface area contributed by atoms with Gasteiger partial charge in [0.2, 0.25) is 0 Å². The van der Waals surface area contributed by atoms with Crippen molar-refractivity contribution in [3.05, 3.63) is 29.3 Å². The van der Waals surface area contributed by atoms with Crippen LogP contribution in [0.5, 0.6) is 5.75 Å². The maximum atomic E-state index is 12.6. The Bertz CT molecular complexity index is 749. The number of carbonyl (C=O) groups is 1. The fourth-order valence-electron chi connectivity index (χ4n) is 6.38. The molecule has 0 amide bonds. The van der Waals surface area contributed by atoms with E-state index in [9.17, 15) is 4.79 Å². The summed E-state index contributed by atoms with van der Waals surface area (Å²) in [4.78, 5) is 15.3. The number of likely N-dealkylation sites (tertiary alicyclic amines) is 1. The molecule has 3 fully saturated rings. The highest BCUT2D eigenvalue weighted by molar-refractivity contribution is 5.85. The minimum atomic E-state index is -0.268. The lowest BCUT2D eigenvalue weighted by Gasteiger charge is -2.65. The highest BCUT2D eigenvalue weighted by Gasteiger charge is 2.66. The second-order valence-electron chi connectivity index (χ2n) is 8.79. The van der Waals surface area contributed by atoms with Gasteiger partial charge in [0.05, 0.1) is 12.7 Å². The maximum Gasteiger partial charge on any atom is 0.134 e. The summed E-state index contributed by atoms with van der Waals surface area (Å²) in [5.74, 6) is 2.19. The summed E-state index contributed by atoms with van der Waals surface area (Å²) < 4.78 is 12.2. The Labute approximate surface area is 168 Å². The smallest absolute Gasteiger partial charge is 0.134 e. The highest BCUT2D eigenvalue weighted by Crippen LogP contribution is 2.61. The van der Waals surface area contributed by atoms with Gasteiger partial charge in [0, 0.05) is 43.5 Å². The first kappa shape index (κ1) is 19.2. The number of fused-ring (bicyclic) bond motifs is 1. The van der Waals surface area contributed by atoms with Crippen LogP contribution in [0.15, 0.2) is 18.2 Å². The molecule has 1 saturated heterocycles. The number of Topliss-reactive ketones (excluding diaryl/α,β-unsaturated/α-hetero) is 1. The Hall–Kier alpha value is -1.10. The van der Waals surface area contributed by atoms with Gasteiger partial charge in [0.15, 0.2) is 0 Å². The number of ether oxygens (including phenoxy) is 2. The van der Waals surface area contributed by atoms with Crippen LogP contribution < -0.4 is 4.74 Å². The van der Waals surface area contributed by atoms with Gasteiger partial charge in [-0.3, -0.25) is 9.69 Å². The number of piperidine rings is 1. The Kier molecular flexibility index (Phi) is 4.81. The van der Waals surface area contributed by atoms with E-state index in [2.05, 4.69) is 23.1 Å². The van der Waals surface area contributed by atoms with E-state index in [4.69, 9.17) is 9.47 Å². The van der Waals surface area contributed by atoms with Crippen LogP contribution >= 0.6 is 12.4 Å². The van der Waals surface area contributed by atoms with E-state index in [0.717, 1.165) is 37.5 Å². The van der Waals surface area contributed by atoms with E-state index in [1.807, 2.05) is 7.11 Å². The van der Waals surface area contributed by atoms with Crippen LogP contribution in [0.2, 0.25) is 0 Å². The molecule has 1 aliphatic heterocycles. The van der Waals surface area contributed by atoms with Crippen molar-refractivity contribution in [1.82, 2.24) is 4.90 Å². The van der Waals surface area contributed by atoms with Crippen molar-refractivity contribution < 1.29 is 14.3 Å². The van der Waals surface area contributed by atoms with Crippen molar-refractivity contribution >= 4 is 18.2 Å². The molecule has 1 aromatic carbocycles. The molecule has 3 atom stereocenters. The number of carbonyl (C=O) groups excluding carboxylic acids is 1. The van der Waals surface area contributed by atoms with Crippen molar-refractivity contribution in [2.24, 2.45) is 5.92 Å². The van der Waals surface area contributed by atoms with Gasteiger partial charge in [-0.2, -0.15) is 0 Å². The van der Waals surface area contributed by atoms with Crippen LogP contribution in [0.3, 0.4) is 0 Å². The number of hydrogen-bond acceptors (Lipinski definition) is 4. The van der Waals surface area contributed by atoms with Crippen molar-refractivity contribution in [3.8, 4) is 5.75 Å². The van der Waals surface area contributed by atoms with Crippen LogP contribution in [0.1, 0.15) is 49.7 Å². The summed E-state index contributed by atoms with van der Waals surface area (Å²) >= 11 is 0. The molecule has 2 saturated carbocycles. The first-order valence-corrected chi connectivity index (χ1v) is 10.1. The van der Waals surface area contributed by atoms with Crippen LogP contribution in [-0.4, -0.2) is 49.6 Å². The quantitative estimate of drug-likeness (QED) is 0.787. The number of hydrogen-bond donors (Lipinski definition) is 0. The van der Waals surface area contributed by atoms with Gasteiger partial charge >= 0.3 is 0 Å². The Balaban J connectivity index is 0.00000180. The third-order valence-electron chi connectivity index (χ3n) is 7.67. The predicted octanol–water partition coefficient (Wildman–Crippen LogP) is 3.53. The number of ketones is 1. The lowest BCUT2D eigenvalue weighted by atomic mass is 9.49. The highest BCUT2D eigenvalue weighted by atomic mass is 35.5. The van der Waals surface area contributed by atoms with Gasteiger partial charge in [-0.25, -0.2) is 0 Å². The Morgan fingerprint density at radius 2 is 2.04 bits per heavy atom. The number of methoxy groups -OCH3 is 2. The molecule has 5 rings (SSSR count). The molecule has 0 spiro atoms. The first-order valence-electron chi connectivity index (χ1n) is 10.1. The summed E-state index contributed by atoms with van der Waals surface area (Å²) in [7, 11) is 3.62. The zero-order chi connectivity index (χ0) is 17.9. The van der Waals surface area contributed by atoms with Crippen molar-refractivity contribution in [2.75, 3.05) is 27.3 Å². The molecule has 0 aromatic heterocycles. The third kappa shape index (κ3) is 2.60. The molecular weight excluding hydrogens is 362 g/mol. The van der Waals surface area contributed by atoms with Crippen LogP contribution in [-0.2, 0) is 21.4 Å². The topological polar surface area (TPSA) is 38.8 Å². The number of halogens is 1. The molecule has 3 aliphatic carbocycles. The summed E-state index contributed by atoms with van der Waals surface area (Å²) in [6, 6.07) is 6.77. The van der Waals surface area contributed by atoms with Crippen molar-refractivity contribution in [1.29, 1.82) is 0 Å². The van der Waals surface area contributed by atoms with E-state index in [-0.39, 0.29) is 23.4 Å². The molecule has 3 unspecified atom stereocenters. The molecule has 0 N–H and O–H groups in total. The van der Waals surface area contributed by atoms with Gasteiger partial charge in [-0.15, -0.1) is 12.4 Å². The molecule has 2 bridgehead atoms. The van der Waals surface area contributed by atoms with Crippen LogP contribution in [0.25, 0.3) is 0 Å². The molecule has 27 heavy (non-hydrogen) atoms. The minimum absolute atomic E-state index is 0. The monoisotopic (exact) mass is 391 g/mol. The average molecular weight is 392 g/mol. The summed E-state index contributed by atoms with van der Waals surface area (Å²) in [6.45, 7) is 2.26. The Morgan fingerprint density at radius 3 is 2.74 bits per heavy atom. The number of benzene rings is 1. The second kappa shape index (κ2) is 6.75. The number of nitrogens with zero attached hydrogens (tertiary/aromatic N) is 1. The molecule has 1 aromatic rings. The summed E-state index contributed by atoms with van der Waals surface area (Å²) in [5.41, 5.74) is 2.12. The zero-order valence-electron chi connectivity index (χ0n) is 16.3. The molecule has 0 radical (unpaired) electrons. The van der Waals surface area contributed by atoms with Crippen LogP contribution in [0.4, 0.5) is 0 Å². The van der Waals surface area contributed by atoms with Crippen molar-refractivity contribution in [2.45, 2.75) is 62.0 Å². The SMILES string of the molecule is COc1cccc2c1C13CCN(CC4CC4)C(C2)C1(OC)CCC(=O)C3.Cl. The minimum Gasteiger partial charge on any atom is -0.496 e. The van der Waals surface area contributed by atoms with Gasteiger partial charge in [0.1, 0.15) is 11.5 Å². The summed E-state index contributed by atoms with van der Waals surface area (Å²) in [5, 5.41) is 0. The molecule has 5 heteroatoms. The van der Waals surface area contributed by atoms with Gasteiger partial charge in [0.25, 0.3) is 0 Å². The predicted molar refractivity (Wildman–Crippen MR) is 107 cm³/mol. The van der Waals surface area contributed by atoms with Crippen molar-refractivity contribution in [3.63, 3.8) is 0 Å². The third-order valence-corrected chi connectivity index (χ3v) is 7.67.